The molecule has 0 saturated carbocycles. The minimum atomic E-state index is -0.365. The van der Waals surface area contributed by atoms with Gasteiger partial charge in [-0.3, -0.25) is 10.1 Å². The molecule has 0 unspecified atom stereocenters. The monoisotopic (exact) mass is 310 g/mol. The van der Waals surface area contributed by atoms with E-state index in [9.17, 15) is 10.1 Å². The normalized spacial score (nSPS) is 16.6. The molecule has 21 heavy (non-hydrogen) atoms. The van der Waals surface area contributed by atoms with Crippen molar-refractivity contribution in [1.29, 1.82) is 0 Å². The summed E-state index contributed by atoms with van der Waals surface area (Å²) in [4.78, 5) is 17.1. The smallest absolute Gasteiger partial charge is 0.294 e. The first-order valence-corrected chi connectivity index (χ1v) is 7.57. The van der Waals surface area contributed by atoms with E-state index >= 15 is 0 Å². The summed E-state index contributed by atoms with van der Waals surface area (Å²) in [5.74, 6) is 0.343. The molecule has 6 nitrogen and oxygen atoms in total. The summed E-state index contributed by atoms with van der Waals surface area (Å²) in [7, 11) is 0. The zero-order chi connectivity index (χ0) is 15.2. The van der Waals surface area contributed by atoms with E-state index in [1.807, 2.05) is 0 Å². The fourth-order valence-electron chi connectivity index (χ4n) is 2.50. The van der Waals surface area contributed by atoms with Crippen molar-refractivity contribution in [3.63, 3.8) is 0 Å². The number of amidine groups is 1. The SMILES string of the molecule is NC(CCl)=Nc1ccc(N2CCCCCC2)c([N+](=O)[O-])c1. The molecule has 2 N–H and O–H groups in total. The van der Waals surface area contributed by atoms with Gasteiger partial charge in [-0.05, 0) is 25.0 Å². The maximum Gasteiger partial charge on any atom is 0.294 e. The van der Waals surface area contributed by atoms with Gasteiger partial charge < -0.3 is 10.6 Å². The van der Waals surface area contributed by atoms with Crippen LogP contribution in [0.3, 0.4) is 0 Å². The summed E-state index contributed by atoms with van der Waals surface area (Å²) in [5, 5.41) is 11.3. The third-order valence-electron chi connectivity index (χ3n) is 3.51. The van der Waals surface area contributed by atoms with Crippen LogP contribution < -0.4 is 10.6 Å². The standard InChI is InChI=1S/C14H19ClN4O2/c15-10-14(16)17-11-5-6-12(13(9-11)19(20)21)18-7-3-1-2-4-8-18/h5-6,9H,1-4,7-8,10H2,(H2,16,17). The van der Waals surface area contributed by atoms with Gasteiger partial charge >= 0.3 is 0 Å². The lowest BCUT2D eigenvalue weighted by Crippen LogP contribution is -2.24. The molecule has 0 amide bonds. The lowest BCUT2D eigenvalue weighted by molar-refractivity contribution is -0.384. The van der Waals surface area contributed by atoms with Crippen LogP contribution in [0.1, 0.15) is 25.7 Å². The number of halogens is 1. The molecule has 1 saturated heterocycles. The van der Waals surface area contributed by atoms with E-state index in [4.69, 9.17) is 17.3 Å². The number of hydrogen-bond acceptors (Lipinski definition) is 4. The van der Waals surface area contributed by atoms with E-state index < -0.39 is 0 Å². The number of alkyl halides is 1. The second-order valence-electron chi connectivity index (χ2n) is 5.07. The van der Waals surface area contributed by atoms with Gasteiger partial charge in [-0.1, -0.05) is 12.8 Å². The number of nitrogens with zero attached hydrogens (tertiary/aromatic N) is 3. The van der Waals surface area contributed by atoms with Crippen LogP contribution in [0.2, 0.25) is 0 Å². The number of hydrogen-bond donors (Lipinski definition) is 1. The van der Waals surface area contributed by atoms with Crippen LogP contribution in [-0.4, -0.2) is 29.7 Å². The van der Waals surface area contributed by atoms with Crippen molar-refractivity contribution < 1.29 is 4.92 Å². The number of rotatable bonds is 4. The molecular formula is C14H19ClN4O2. The van der Waals surface area contributed by atoms with Crippen LogP contribution in [0.25, 0.3) is 0 Å². The number of aliphatic imine (C=N–C) groups is 1. The van der Waals surface area contributed by atoms with Crippen molar-refractivity contribution in [3.8, 4) is 0 Å². The van der Waals surface area contributed by atoms with Crippen LogP contribution >= 0.6 is 11.6 Å². The quantitative estimate of drug-likeness (QED) is 0.304. The van der Waals surface area contributed by atoms with Gasteiger partial charge in [0, 0.05) is 19.2 Å². The zero-order valence-electron chi connectivity index (χ0n) is 11.8. The van der Waals surface area contributed by atoms with Gasteiger partial charge in [0.1, 0.15) is 11.5 Å². The summed E-state index contributed by atoms with van der Waals surface area (Å²) < 4.78 is 0. The van der Waals surface area contributed by atoms with Gasteiger partial charge in [-0.2, -0.15) is 0 Å². The first-order valence-electron chi connectivity index (χ1n) is 7.04. The predicted molar refractivity (Wildman–Crippen MR) is 85.8 cm³/mol. The molecule has 0 aromatic heterocycles. The number of benzene rings is 1. The van der Waals surface area contributed by atoms with Gasteiger partial charge in [0.2, 0.25) is 0 Å². The summed E-state index contributed by atoms with van der Waals surface area (Å²) >= 11 is 5.58. The molecule has 1 heterocycles. The lowest BCUT2D eigenvalue weighted by atomic mass is 10.2. The summed E-state index contributed by atoms with van der Waals surface area (Å²) in [6.07, 6.45) is 4.49. The minimum Gasteiger partial charge on any atom is -0.386 e. The molecule has 0 atom stereocenters. The topological polar surface area (TPSA) is 84.8 Å². The minimum absolute atomic E-state index is 0.0699. The average Bonchev–Trinajstić information content (AvgIpc) is 2.76. The second-order valence-corrected chi connectivity index (χ2v) is 5.34. The third-order valence-corrected chi connectivity index (χ3v) is 3.79. The number of nitrogens with two attached hydrogens (primary N) is 1. The maximum atomic E-state index is 11.3. The molecule has 1 aliphatic rings. The van der Waals surface area contributed by atoms with Crippen molar-refractivity contribution in [3.05, 3.63) is 28.3 Å². The van der Waals surface area contributed by atoms with Crippen LogP contribution in [0.5, 0.6) is 0 Å². The molecule has 2 rings (SSSR count). The van der Waals surface area contributed by atoms with Gasteiger partial charge in [0.05, 0.1) is 16.5 Å². The predicted octanol–water partition coefficient (Wildman–Crippen LogP) is 3.20. The average molecular weight is 311 g/mol. The van der Waals surface area contributed by atoms with Crippen molar-refractivity contribution in [2.75, 3.05) is 23.9 Å². The number of anilines is 1. The molecule has 0 radical (unpaired) electrons. The van der Waals surface area contributed by atoms with E-state index in [2.05, 4.69) is 9.89 Å². The Hall–Kier alpha value is -1.82. The highest BCUT2D eigenvalue weighted by Crippen LogP contribution is 2.33. The summed E-state index contributed by atoms with van der Waals surface area (Å²) in [6.45, 7) is 1.71. The fourth-order valence-corrected chi connectivity index (χ4v) is 2.56. The Morgan fingerprint density at radius 3 is 2.57 bits per heavy atom. The highest BCUT2D eigenvalue weighted by Gasteiger charge is 2.21. The molecule has 0 bridgehead atoms. The van der Waals surface area contributed by atoms with E-state index in [0.29, 0.717) is 11.4 Å². The van der Waals surface area contributed by atoms with Crippen LogP contribution in [-0.2, 0) is 0 Å². The van der Waals surface area contributed by atoms with Crippen molar-refractivity contribution >= 4 is 34.5 Å². The highest BCUT2D eigenvalue weighted by atomic mass is 35.5. The molecule has 0 aliphatic carbocycles. The molecule has 1 fully saturated rings. The Morgan fingerprint density at radius 1 is 1.33 bits per heavy atom. The molecule has 7 heteroatoms. The van der Waals surface area contributed by atoms with Crippen molar-refractivity contribution in [2.45, 2.75) is 25.7 Å². The molecule has 114 valence electrons. The molecule has 0 spiro atoms. The Morgan fingerprint density at radius 2 is 2.00 bits per heavy atom. The zero-order valence-corrected chi connectivity index (χ0v) is 12.6. The second kappa shape index (κ2) is 7.26. The van der Waals surface area contributed by atoms with Crippen molar-refractivity contribution in [1.82, 2.24) is 0 Å². The van der Waals surface area contributed by atoms with Gasteiger partial charge in [-0.15, -0.1) is 11.6 Å². The van der Waals surface area contributed by atoms with E-state index in [-0.39, 0.29) is 22.3 Å². The number of nitro groups is 1. The molecule has 1 aliphatic heterocycles. The fraction of sp³-hybridized carbons (Fsp3) is 0.500. The Bertz CT molecular complexity index is 540. The lowest BCUT2D eigenvalue weighted by Gasteiger charge is -2.22. The summed E-state index contributed by atoms with van der Waals surface area (Å²) in [5.41, 5.74) is 6.75. The number of nitro benzene ring substituents is 1. The largest absolute Gasteiger partial charge is 0.386 e. The first-order chi connectivity index (χ1) is 10.1. The third kappa shape index (κ3) is 4.07. The Labute approximate surface area is 128 Å². The summed E-state index contributed by atoms with van der Waals surface area (Å²) in [6, 6.07) is 4.95. The van der Waals surface area contributed by atoms with Gasteiger partial charge in [0.25, 0.3) is 5.69 Å². The molecule has 1 aromatic carbocycles. The van der Waals surface area contributed by atoms with Crippen LogP contribution in [0.4, 0.5) is 17.1 Å². The van der Waals surface area contributed by atoms with Crippen LogP contribution in [0, 0.1) is 10.1 Å². The highest BCUT2D eigenvalue weighted by molar-refractivity contribution is 6.28. The van der Waals surface area contributed by atoms with Crippen molar-refractivity contribution in [2.24, 2.45) is 10.7 Å². The molecular weight excluding hydrogens is 292 g/mol. The van der Waals surface area contributed by atoms with E-state index in [0.717, 1.165) is 25.9 Å². The molecule has 1 aromatic rings. The Kier molecular flexibility index (Phi) is 5.38. The van der Waals surface area contributed by atoms with Gasteiger partial charge in [-0.25, -0.2) is 4.99 Å². The van der Waals surface area contributed by atoms with Crippen LogP contribution in [0.15, 0.2) is 23.2 Å². The Balaban J connectivity index is 2.34. The van der Waals surface area contributed by atoms with Gasteiger partial charge in [0.15, 0.2) is 0 Å². The maximum absolute atomic E-state index is 11.3. The van der Waals surface area contributed by atoms with E-state index in [1.54, 1.807) is 12.1 Å². The van der Waals surface area contributed by atoms with E-state index in [1.165, 1.54) is 18.9 Å². The first kappa shape index (κ1) is 15.6.